The van der Waals surface area contributed by atoms with Crippen molar-refractivity contribution in [3.8, 4) is 11.3 Å². The lowest BCUT2D eigenvalue weighted by molar-refractivity contribution is 0.0698. The van der Waals surface area contributed by atoms with E-state index in [9.17, 15) is 9.90 Å². The Hall–Kier alpha value is -2.34. The van der Waals surface area contributed by atoms with Crippen LogP contribution in [-0.2, 0) is 0 Å². The second-order valence-electron chi connectivity index (χ2n) is 6.24. The van der Waals surface area contributed by atoms with E-state index in [2.05, 4.69) is 24.2 Å². The number of nitrogens with zero attached hydrogens (tertiary/aromatic N) is 3. The molecule has 1 aliphatic rings. The van der Waals surface area contributed by atoms with Gasteiger partial charge in [0.25, 0.3) is 0 Å². The Morgan fingerprint density at radius 1 is 1.39 bits per heavy atom. The molecule has 122 valence electrons. The molecular formula is C17H21N3O3. The third kappa shape index (κ3) is 3.22. The van der Waals surface area contributed by atoms with Crippen LogP contribution >= 0.6 is 0 Å². The minimum Gasteiger partial charge on any atom is -0.477 e. The van der Waals surface area contributed by atoms with Gasteiger partial charge in [-0.25, -0.2) is 4.79 Å². The zero-order valence-electron chi connectivity index (χ0n) is 13.4. The van der Waals surface area contributed by atoms with Crippen LogP contribution in [0.5, 0.6) is 0 Å². The number of aromatic carboxylic acids is 1. The summed E-state index contributed by atoms with van der Waals surface area (Å²) < 4.78 is 5.39. The zero-order valence-corrected chi connectivity index (χ0v) is 13.4. The third-order valence-corrected chi connectivity index (χ3v) is 4.13. The number of benzene rings is 1. The quantitative estimate of drug-likeness (QED) is 0.914. The maximum Gasteiger partial charge on any atom is 0.343 e. The molecule has 0 saturated carbocycles. The largest absolute Gasteiger partial charge is 0.477 e. The summed E-state index contributed by atoms with van der Waals surface area (Å²) in [4.78, 5) is 15.9. The van der Waals surface area contributed by atoms with Crippen molar-refractivity contribution >= 4 is 11.8 Å². The topological polar surface area (TPSA) is 69.8 Å². The van der Waals surface area contributed by atoms with Crippen molar-refractivity contribution in [1.29, 1.82) is 0 Å². The fourth-order valence-electron chi connectivity index (χ4n) is 3.17. The molecule has 1 aromatic carbocycles. The smallest absolute Gasteiger partial charge is 0.343 e. The standard InChI is InChI=1S/C17H21N3O3/c1-19(2)10-12-8-9-20(11-12)16-14(17(21)22)15(23-18-16)13-6-4-3-5-7-13/h3-7,12H,8-11H2,1-2H3,(H,21,22). The fourth-order valence-corrected chi connectivity index (χ4v) is 3.17. The van der Waals surface area contributed by atoms with Crippen LogP contribution in [0.1, 0.15) is 16.8 Å². The van der Waals surface area contributed by atoms with Crippen molar-refractivity contribution in [3.05, 3.63) is 35.9 Å². The van der Waals surface area contributed by atoms with Crippen LogP contribution in [0.15, 0.2) is 34.9 Å². The lowest BCUT2D eigenvalue weighted by Crippen LogP contribution is -2.26. The first kappa shape index (κ1) is 15.6. The first-order valence-electron chi connectivity index (χ1n) is 7.74. The lowest BCUT2D eigenvalue weighted by atomic mass is 10.1. The van der Waals surface area contributed by atoms with E-state index in [1.807, 2.05) is 35.2 Å². The number of carboxylic acids is 1. The molecule has 2 heterocycles. The maximum atomic E-state index is 11.8. The minimum absolute atomic E-state index is 0.154. The molecule has 1 fully saturated rings. The van der Waals surface area contributed by atoms with Gasteiger partial charge in [0.15, 0.2) is 17.1 Å². The Morgan fingerprint density at radius 3 is 2.78 bits per heavy atom. The van der Waals surface area contributed by atoms with Crippen molar-refractivity contribution in [2.45, 2.75) is 6.42 Å². The second-order valence-corrected chi connectivity index (χ2v) is 6.24. The number of anilines is 1. The summed E-state index contributed by atoms with van der Waals surface area (Å²) in [6, 6.07) is 9.25. The highest BCUT2D eigenvalue weighted by atomic mass is 16.5. The van der Waals surface area contributed by atoms with Gasteiger partial charge in [-0.2, -0.15) is 0 Å². The third-order valence-electron chi connectivity index (χ3n) is 4.13. The van der Waals surface area contributed by atoms with Crippen LogP contribution in [0.2, 0.25) is 0 Å². The highest BCUT2D eigenvalue weighted by Gasteiger charge is 2.31. The normalized spacial score (nSPS) is 17.9. The average Bonchev–Trinajstić information content (AvgIpc) is 3.13. The van der Waals surface area contributed by atoms with Crippen LogP contribution < -0.4 is 4.90 Å². The van der Waals surface area contributed by atoms with E-state index in [1.165, 1.54) is 0 Å². The van der Waals surface area contributed by atoms with Crippen LogP contribution in [0.25, 0.3) is 11.3 Å². The van der Waals surface area contributed by atoms with Gasteiger partial charge in [-0.15, -0.1) is 0 Å². The molecule has 1 aliphatic heterocycles. The van der Waals surface area contributed by atoms with Gasteiger partial charge in [-0.1, -0.05) is 35.5 Å². The summed E-state index contributed by atoms with van der Waals surface area (Å²) in [6.45, 7) is 2.60. The predicted molar refractivity (Wildman–Crippen MR) is 87.8 cm³/mol. The molecule has 1 atom stereocenters. The van der Waals surface area contributed by atoms with Crippen molar-refractivity contribution < 1.29 is 14.4 Å². The Kier molecular flexibility index (Phi) is 4.34. The van der Waals surface area contributed by atoms with E-state index in [1.54, 1.807) is 0 Å². The number of rotatable bonds is 5. The number of carboxylic acid groups (broad SMARTS) is 1. The molecule has 1 saturated heterocycles. The molecular weight excluding hydrogens is 294 g/mol. The summed E-state index contributed by atoms with van der Waals surface area (Å²) in [5.41, 5.74) is 0.884. The van der Waals surface area contributed by atoms with Gasteiger partial charge >= 0.3 is 5.97 Å². The molecule has 0 bridgehead atoms. The number of hydrogen-bond acceptors (Lipinski definition) is 5. The average molecular weight is 315 g/mol. The molecule has 23 heavy (non-hydrogen) atoms. The highest BCUT2D eigenvalue weighted by Crippen LogP contribution is 2.33. The summed E-state index contributed by atoms with van der Waals surface area (Å²) in [5, 5.41) is 13.7. The SMILES string of the molecule is CN(C)CC1CCN(c2noc(-c3ccccc3)c2C(=O)O)C1. The van der Waals surface area contributed by atoms with E-state index in [0.717, 1.165) is 31.6 Å². The van der Waals surface area contributed by atoms with Crippen molar-refractivity contribution in [2.24, 2.45) is 5.92 Å². The highest BCUT2D eigenvalue weighted by molar-refractivity contribution is 5.99. The summed E-state index contributed by atoms with van der Waals surface area (Å²) >= 11 is 0. The van der Waals surface area contributed by atoms with Gasteiger partial charge in [0.1, 0.15) is 0 Å². The second kappa shape index (κ2) is 6.42. The molecule has 1 unspecified atom stereocenters. The molecule has 0 spiro atoms. The van der Waals surface area contributed by atoms with Gasteiger partial charge in [-0.05, 0) is 26.4 Å². The van der Waals surface area contributed by atoms with Crippen molar-refractivity contribution in [2.75, 3.05) is 38.6 Å². The number of carbonyl (C=O) groups is 1. The molecule has 3 rings (SSSR count). The van der Waals surface area contributed by atoms with E-state index in [0.29, 0.717) is 17.5 Å². The zero-order chi connectivity index (χ0) is 16.4. The summed E-state index contributed by atoms with van der Waals surface area (Å²) in [7, 11) is 4.10. The monoisotopic (exact) mass is 315 g/mol. The van der Waals surface area contributed by atoms with Gasteiger partial charge in [0, 0.05) is 25.2 Å². The van der Waals surface area contributed by atoms with Gasteiger partial charge in [0.2, 0.25) is 0 Å². The lowest BCUT2D eigenvalue weighted by Gasteiger charge is -2.18. The van der Waals surface area contributed by atoms with Gasteiger partial charge in [-0.3, -0.25) is 0 Å². The minimum atomic E-state index is -1.00. The van der Waals surface area contributed by atoms with E-state index < -0.39 is 5.97 Å². The molecule has 6 nitrogen and oxygen atoms in total. The first-order chi connectivity index (χ1) is 11.1. The Labute approximate surface area is 135 Å². The maximum absolute atomic E-state index is 11.8. The molecule has 1 N–H and O–H groups in total. The summed E-state index contributed by atoms with van der Waals surface area (Å²) in [5.74, 6) is 0.279. The molecule has 0 aliphatic carbocycles. The fraction of sp³-hybridized carbons (Fsp3) is 0.412. The summed E-state index contributed by atoms with van der Waals surface area (Å²) in [6.07, 6.45) is 1.03. The van der Waals surface area contributed by atoms with E-state index >= 15 is 0 Å². The predicted octanol–water partition coefficient (Wildman–Crippen LogP) is 2.43. The Bertz CT molecular complexity index is 682. The van der Waals surface area contributed by atoms with Crippen molar-refractivity contribution in [1.82, 2.24) is 10.1 Å². The van der Waals surface area contributed by atoms with Crippen LogP contribution in [0, 0.1) is 5.92 Å². The van der Waals surface area contributed by atoms with E-state index in [4.69, 9.17) is 4.52 Å². The Morgan fingerprint density at radius 2 is 2.13 bits per heavy atom. The van der Waals surface area contributed by atoms with Gasteiger partial charge in [0.05, 0.1) is 0 Å². The molecule has 6 heteroatoms. The van der Waals surface area contributed by atoms with E-state index in [-0.39, 0.29) is 5.56 Å². The number of hydrogen-bond donors (Lipinski definition) is 1. The molecule has 0 radical (unpaired) electrons. The molecule has 2 aromatic rings. The molecule has 0 amide bonds. The number of aromatic nitrogens is 1. The first-order valence-corrected chi connectivity index (χ1v) is 7.74. The van der Waals surface area contributed by atoms with Crippen LogP contribution in [-0.4, -0.2) is 54.9 Å². The van der Waals surface area contributed by atoms with Crippen LogP contribution in [0.4, 0.5) is 5.82 Å². The molecule has 1 aromatic heterocycles. The van der Waals surface area contributed by atoms with Crippen molar-refractivity contribution in [3.63, 3.8) is 0 Å². The van der Waals surface area contributed by atoms with Gasteiger partial charge < -0.3 is 19.4 Å². The van der Waals surface area contributed by atoms with Crippen LogP contribution in [0.3, 0.4) is 0 Å². The Balaban J connectivity index is 1.89.